The summed E-state index contributed by atoms with van der Waals surface area (Å²) in [5.74, 6) is 2.13. The lowest BCUT2D eigenvalue weighted by Gasteiger charge is -2.15. The van der Waals surface area contributed by atoms with Gasteiger partial charge in [-0.3, -0.25) is 4.79 Å². The highest BCUT2D eigenvalue weighted by atomic mass is 16.5. The summed E-state index contributed by atoms with van der Waals surface area (Å²) >= 11 is 0. The van der Waals surface area contributed by atoms with Gasteiger partial charge in [0.2, 0.25) is 11.7 Å². The van der Waals surface area contributed by atoms with Crippen molar-refractivity contribution in [2.45, 2.75) is 6.54 Å². The van der Waals surface area contributed by atoms with Crippen LogP contribution in [0.1, 0.15) is 5.56 Å². The standard InChI is InChI=1S/C19H24N2O5/c1-23-15-8-6-5-7-13(15)11-21-18(22)12-20-14-9-16(24-2)19(26-4)17(10-14)25-3/h5-10,20H,11-12H2,1-4H3,(H,21,22). The van der Waals surface area contributed by atoms with E-state index in [4.69, 9.17) is 18.9 Å². The number of benzene rings is 2. The predicted molar refractivity (Wildman–Crippen MR) is 99.4 cm³/mol. The zero-order chi connectivity index (χ0) is 18.9. The zero-order valence-corrected chi connectivity index (χ0v) is 15.4. The molecule has 0 atom stereocenters. The highest BCUT2D eigenvalue weighted by molar-refractivity contribution is 5.81. The average molecular weight is 360 g/mol. The largest absolute Gasteiger partial charge is 0.496 e. The zero-order valence-electron chi connectivity index (χ0n) is 15.4. The number of methoxy groups -OCH3 is 4. The predicted octanol–water partition coefficient (Wildman–Crippen LogP) is 2.45. The molecule has 26 heavy (non-hydrogen) atoms. The van der Waals surface area contributed by atoms with Crippen LogP contribution in [0.3, 0.4) is 0 Å². The molecular weight excluding hydrogens is 336 g/mol. The molecule has 0 saturated carbocycles. The minimum Gasteiger partial charge on any atom is -0.496 e. The van der Waals surface area contributed by atoms with Gasteiger partial charge in [0, 0.05) is 29.9 Å². The van der Waals surface area contributed by atoms with E-state index in [0.717, 1.165) is 11.3 Å². The quantitative estimate of drug-likeness (QED) is 0.715. The smallest absolute Gasteiger partial charge is 0.239 e. The van der Waals surface area contributed by atoms with Crippen molar-refractivity contribution in [2.75, 3.05) is 40.3 Å². The molecule has 7 heteroatoms. The van der Waals surface area contributed by atoms with Gasteiger partial charge in [0.15, 0.2) is 11.5 Å². The third-order valence-electron chi connectivity index (χ3n) is 3.79. The molecule has 0 fully saturated rings. The second kappa shape index (κ2) is 9.41. The Hall–Kier alpha value is -3.09. The Labute approximate surface area is 153 Å². The van der Waals surface area contributed by atoms with Gasteiger partial charge in [0.25, 0.3) is 0 Å². The number of carbonyl (C=O) groups excluding carboxylic acids is 1. The van der Waals surface area contributed by atoms with Crippen molar-refractivity contribution in [3.63, 3.8) is 0 Å². The summed E-state index contributed by atoms with van der Waals surface area (Å²) < 4.78 is 21.1. The minimum absolute atomic E-state index is 0.105. The van der Waals surface area contributed by atoms with Crippen molar-refractivity contribution in [2.24, 2.45) is 0 Å². The Morgan fingerprint density at radius 1 is 0.885 bits per heavy atom. The van der Waals surface area contributed by atoms with Crippen LogP contribution in [-0.2, 0) is 11.3 Å². The van der Waals surface area contributed by atoms with Crippen molar-refractivity contribution < 1.29 is 23.7 Å². The summed E-state index contributed by atoms with van der Waals surface area (Å²) in [6.07, 6.45) is 0. The number of ether oxygens (including phenoxy) is 4. The molecule has 2 aromatic rings. The average Bonchev–Trinajstić information content (AvgIpc) is 2.69. The van der Waals surface area contributed by atoms with Gasteiger partial charge in [-0.15, -0.1) is 0 Å². The van der Waals surface area contributed by atoms with E-state index >= 15 is 0 Å². The summed E-state index contributed by atoms with van der Waals surface area (Å²) in [6.45, 7) is 0.494. The molecular formula is C19H24N2O5. The fourth-order valence-electron chi connectivity index (χ4n) is 2.47. The van der Waals surface area contributed by atoms with E-state index in [2.05, 4.69) is 10.6 Å². The SMILES string of the molecule is COc1ccccc1CNC(=O)CNc1cc(OC)c(OC)c(OC)c1. The molecule has 0 aliphatic carbocycles. The molecule has 0 aromatic heterocycles. The van der Waals surface area contributed by atoms with Gasteiger partial charge < -0.3 is 29.6 Å². The summed E-state index contributed by atoms with van der Waals surface area (Å²) in [7, 11) is 6.23. The summed E-state index contributed by atoms with van der Waals surface area (Å²) in [6, 6.07) is 11.0. The van der Waals surface area contributed by atoms with Crippen LogP contribution >= 0.6 is 0 Å². The molecule has 7 nitrogen and oxygen atoms in total. The third kappa shape index (κ3) is 4.72. The van der Waals surface area contributed by atoms with E-state index in [1.54, 1.807) is 40.6 Å². The molecule has 2 aromatic carbocycles. The van der Waals surface area contributed by atoms with Gasteiger partial charge in [0.05, 0.1) is 35.0 Å². The number of anilines is 1. The van der Waals surface area contributed by atoms with Crippen LogP contribution < -0.4 is 29.6 Å². The number of carbonyl (C=O) groups is 1. The first kappa shape index (κ1) is 19.2. The monoisotopic (exact) mass is 360 g/mol. The fourth-order valence-corrected chi connectivity index (χ4v) is 2.47. The Balaban J connectivity index is 1.96. The molecule has 0 unspecified atom stereocenters. The molecule has 0 aliphatic rings. The Bertz CT molecular complexity index is 723. The third-order valence-corrected chi connectivity index (χ3v) is 3.79. The minimum atomic E-state index is -0.148. The lowest BCUT2D eigenvalue weighted by molar-refractivity contribution is -0.119. The van der Waals surface area contributed by atoms with Crippen LogP contribution in [0.4, 0.5) is 5.69 Å². The van der Waals surface area contributed by atoms with Crippen molar-refractivity contribution in [1.29, 1.82) is 0 Å². The molecule has 1 amide bonds. The number of hydrogen-bond donors (Lipinski definition) is 2. The van der Waals surface area contributed by atoms with Crippen LogP contribution in [-0.4, -0.2) is 40.9 Å². The van der Waals surface area contributed by atoms with E-state index in [1.807, 2.05) is 24.3 Å². The Morgan fingerprint density at radius 2 is 1.50 bits per heavy atom. The normalized spacial score (nSPS) is 10.0. The van der Waals surface area contributed by atoms with Gasteiger partial charge >= 0.3 is 0 Å². The second-order valence-corrected chi connectivity index (χ2v) is 5.36. The molecule has 0 heterocycles. The Kier molecular flexibility index (Phi) is 6.96. The number of para-hydroxylation sites is 1. The van der Waals surface area contributed by atoms with Gasteiger partial charge in [-0.05, 0) is 6.07 Å². The van der Waals surface area contributed by atoms with Crippen LogP contribution in [0.5, 0.6) is 23.0 Å². The van der Waals surface area contributed by atoms with E-state index in [0.29, 0.717) is 29.5 Å². The molecule has 0 aliphatic heterocycles. The molecule has 0 bridgehead atoms. The first-order valence-electron chi connectivity index (χ1n) is 8.05. The fraction of sp³-hybridized carbons (Fsp3) is 0.316. The van der Waals surface area contributed by atoms with Crippen molar-refractivity contribution >= 4 is 11.6 Å². The Morgan fingerprint density at radius 3 is 2.08 bits per heavy atom. The summed E-state index contributed by atoms with van der Waals surface area (Å²) in [4.78, 5) is 12.1. The molecule has 2 N–H and O–H groups in total. The lowest BCUT2D eigenvalue weighted by Crippen LogP contribution is -2.29. The second-order valence-electron chi connectivity index (χ2n) is 5.36. The van der Waals surface area contributed by atoms with Gasteiger partial charge in [-0.2, -0.15) is 0 Å². The maximum atomic E-state index is 12.1. The van der Waals surface area contributed by atoms with E-state index in [-0.39, 0.29) is 12.5 Å². The van der Waals surface area contributed by atoms with Gasteiger partial charge in [0.1, 0.15) is 5.75 Å². The topological polar surface area (TPSA) is 78.1 Å². The van der Waals surface area contributed by atoms with Crippen molar-refractivity contribution in [1.82, 2.24) is 5.32 Å². The molecule has 0 saturated heterocycles. The first-order chi connectivity index (χ1) is 12.6. The van der Waals surface area contributed by atoms with Crippen LogP contribution in [0.15, 0.2) is 36.4 Å². The highest BCUT2D eigenvalue weighted by Gasteiger charge is 2.13. The molecule has 140 valence electrons. The summed E-state index contributed by atoms with van der Waals surface area (Å²) in [5, 5.41) is 5.91. The number of hydrogen-bond acceptors (Lipinski definition) is 6. The molecule has 0 spiro atoms. The molecule has 2 rings (SSSR count). The van der Waals surface area contributed by atoms with Gasteiger partial charge in [-0.1, -0.05) is 18.2 Å². The number of nitrogens with one attached hydrogen (secondary N) is 2. The highest BCUT2D eigenvalue weighted by Crippen LogP contribution is 2.39. The van der Waals surface area contributed by atoms with E-state index in [1.165, 1.54) is 0 Å². The molecule has 0 radical (unpaired) electrons. The van der Waals surface area contributed by atoms with Crippen LogP contribution in [0.25, 0.3) is 0 Å². The van der Waals surface area contributed by atoms with Crippen molar-refractivity contribution in [3.05, 3.63) is 42.0 Å². The van der Waals surface area contributed by atoms with Crippen LogP contribution in [0, 0.1) is 0 Å². The van der Waals surface area contributed by atoms with E-state index in [9.17, 15) is 4.79 Å². The van der Waals surface area contributed by atoms with Crippen molar-refractivity contribution in [3.8, 4) is 23.0 Å². The first-order valence-corrected chi connectivity index (χ1v) is 8.05. The van der Waals surface area contributed by atoms with Crippen LogP contribution in [0.2, 0.25) is 0 Å². The number of rotatable bonds is 9. The summed E-state index contributed by atoms with van der Waals surface area (Å²) in [5.41, 5.74) is 1.60. The maximum absolute atomic E-state index is 12.1. The number of amides is 1. The van der Waals surface area contributed by atoms with E-state index < -0.39 is 0 Å². The van der Waals surface area contributed by atoms with Gasteiger partial charge in [-0.25, -0.2) is 0 Å². The maximum Gasteiger partial charge on any atom is 0.239 e. The lowest BCUT2D eigenvalue weighted by atomic mass is 10.2.